The monoisotopic (exact) mass is 957 g/mol. The molecule has 4 saturated heterocycles. The molecule has 4 aliphatic rings. The third-order valence-corrected chi connectivity index (χ3v) is 14.7. The molecule has 4 aliphatic heterocycles. The molecule has 4 fully saturated rings. The topological polar surface area (TPSA) is 202 Å². The first-order chi connectivity index (χ1) is 33.9. The number of likely N-dealkylation sites (tertiary alicyclic amines) is 4. The van der Waals surface area contributed by atoms with E-state index in [1.807, 2.05) is 61.5 Å². The zero-order chi connectivity index (χ0) is 49.1. The van der Waals surface area contributed by atoms with Crippen molar-refractivity contribution in [1.82, 2.24) is 29.6 Å². The fourth-order valence-electron chi connectivity index (χ4n) is 10.7. The predicted molar refractivity (Wildman–Crippen MR) is 272 cm³/mol. The normalized spacial score (nSPS) is 21.9. The number of rotatable bonds is 16. The number of carbonyl (C=O) groups excluding carboxylic acids is 4. The van der Waals surface area contributed by atoms with Crippen molar-refractivity contribution in [3.63, 3.8) is 0 Å². The third kappa shape index (κ3) is 12.9. The minimum atomic E-state index is -0.696. The molecule has 6 heterocycles. The van der Waals surface area contributed by atoms with Gasteiger partial charge >= 0.3 is 23.6 Å². The summed E-state index contributed by atoms with van der Waals surface area (Å²) >= 11 is 0. The van der Waals surface area contributed by atoms with Crippen LogP contribution >= 0.6 is 0 Å². The van der Waals surface area contributed by atoms with E-state index in [4.69, 9.17) is 20.9 Å². The molecule has 8 rings (SSSR count). The molecule has 0 spiro atoms. The molecule has 16 heteroatoms. The van der Waals surface area contributed by atoms with Crippen LogP contribution in [0.5, 0.6) is 11.5 Å². The molecule has 2 aromatic heterocycles. The molecule has 0 radical (unpaired) electrons. The van der Waals surface area contributed by atoms with Crippen molar-refractivity contribution in [3.05, 3.63) is 95.3 Å². The number of ether oxygens (including phenoxy) is 2. The second kappa shape index (κ2) is 23.6. The molecule has 16 nitrogen and oxygen atoms in total. The van der Waals surface area contributed by atoms with Gasteiger partial charge in [0, 0.05) is 32.7 Å². The fourth-order valence-corrected chi connectivity index (χ4v) is 10.7. The number of benzene rings is 2. The first-order valence-electron chi connectivity index (χ1n) is 25.5. The lowest BCUT2D eigenvalue weighted by atomic mass is 9.89. The summed E-state index contributed by atoms with van der Waals surface area (Å²) in [6, 6.07) is 19.0. The minimum Gasteiger partial charge on any atom is -0.492 e. The van der Waals surface area contributed by atoms with Crippen LogP contribution in [0.2, 0.25) is 0 Å². The van der Waals surface area contributed by atoms with E-state index in [2.05, 4.69) is 44.2 Å². The Morgan fingerprint density at radius 3 is 1.70 bits per heavy atom. The zero-order valence-electron chi connectivity index (χ0n) is 41.2. The van der Waals surface area contributed by atoms with Gasteiger partial charge in [-0.2, -0.15) is 0 Å². The Kier molecular flexibility index (Phi) is 16.9. The molecule has 5 atom stereocenters. The zero-order valence-corrected chi connectivity index (χ0v) is 41.2. The molecule has 0 bridgehead atoms. The molecule has 70 heavy (non-hydrogen) atoms. The lowest BCUT2D eigenvalue weighted by Gasteiger charge is -2.38. The van der Waals surface area contributed by atoms with Crippen molar-refractivity contribution in [2.24, 2.45) is 17.8 Å². The molecular weight excluding hydrogens is 885 g/mol. The van der Waals surface area contributed by atoms with Crippen LogP contribution in [-0.4, -0.2) is 119 Å². The number of anilines is 4. The maximum Gasteiger partial charge on any atom is 0.313 e. The number of carbonyl (C=O) groups is 4. The van der Waals surface area contributed by atoms with Gasteiger partial charge in [-0.3, -0.25) is 29.0 Å². The number of amides is 4. The fraction of sp³-hybridized carbons (Fsp3) is 0.519. The van der Waals surface area contributed by atoms with Gasteiger partial charge in [0.15, 0.2) is 0 Å². The quantitative estimate of drug-likeness (QED) is 0.0850. The first-order valence-corrected chi connectivity index (χ1v) is 25.5. The van der Waals surface area contributed by atoms with Crippen LogP contribution in [0.3, 0.4) is 0 Å². The Bertz CT molecular complexity index is 2460. The number of nitrogens with zero attached hydrogens (tertiary/aromatic N) is 6. The average Bonchev–Trinajstić information content (AvgIpc) is 4.07. The van der Waals surface area contributed by atoms with Crippen LogP contribution < -0.4 is 31.6 Å². The Morgan fingerprint density at radius 1 is 0.643 bits per heavy atom. The van der Waals surface area contributed by atoms with Gasteiger partial charge < -0.3 is 41.4 Å². The third-order valence-electron chi connectivity index (χ3n) is 14.7. The number of nitrogen functional groups attached to an aromatic ring is 2. The predicted octanol–water partition coefficient (Wildman–Crippen LogP) is 6.89. The first kappa shape index (κ1) is 50.1. The molecule has 4 amide bonds. The van der Waals surface area contributed by atoms with Crippen molar-refractivity contribution in [2.45, 2.75) is 97.1 Å². The minimum absolute atomic E-state index is 0.224. The van der Waals surface area contributed by atoms with Gasteiger partial charge in [-0.1, -0.05) is 45.0 Å². The number of aryl methyl sites for hydroxylation is 2. The van der Waals surface area contributed by atoms with Gasteiger partial charge in [-0.15, -0.1) is 0 Å². The van der Waals surface area contributed by atoms with Gasteiger partial charge in [-0.25, -0.2) is 9.97 Å². The summed E-state index contributed by atoms with van der Waals surface area (Å²) in [6.07, 6.45) is 12.2. The van der Waals surface area contributed by atoms with Crippen LogP contribution in [0, 0.1) is 17.8 Å². The maximum atomic E-state index is 13.9. The van der Waals surface area contributed by atoms with Crippen LogP contribution in [0.1, 0.15) is 106 Å². The smallest absolute Gasteiger partial charge is 0.313 e. The largest absolute Gasteiger partial charge is 0.492 e. The van der Waals surface area contributed by atoms with E-state index in [9.17, 15) is 19.2 Å². The number of hydrogen-bond donors (Lipinski definition) is 4. The standard InChI is InChI=1S/C54H72N10O6/c1-4-39-27-43(31-57-49(39)55)59-51(65)53(67)63-33-36(2)14-18-48(63)41-10-8-12-46(30-41)70-26-24-62-22-19-38(35-62)15-16-42-28-44(32-58-50(42)56)60-52(66)54(68)64-34-37(3)13-17-47(64)40-9-7-11-45(29-40)69-25-23-61-20-5-6-21-61/h7-12,27-32,36-38,47-48H,4-6,13-26,33-35H2,1-3H3,(H2,55,57)(H2,56,58)(H,59,65)(H,60,66)/t36-,37-,38?,47+,48+/m0/s1. The van der Waals surface area contributed by atoms with E-state index < -0.39 is 23.6 Å². The van der Waals surface area contributed by atoms with E-state index in [0.29, 0.717) is 68.1 Å². The number of nitrogens with two attached hydrogens (primary N) is 2. The lowest BCUT2D eigenvalue weighted by Crippen LogP contribution is -2.46. The van der Waals surface area contributed by atoms with Crippen LogP contribution in [0.15, 0.2) is 73.1 Å². The van der Waals surface area contributed by atoms with Gasteiger partial charge in [-0.05, 0) is 160 Å². The maximum absolute atomic E-state index is 13.9. The summed E-state index contributed by atoms with van der Waals surface area (Å²) in [5.41, 5.74) is 16.8. The van der Waals surface area contributed by atoms with Gasteiger partial charge in [0.05, 0.1) is 35.9 Å². The Morgan fingerprint density at radius 2 is 1.16 bits per heavy atom. The molecule has 0 saturated carbocycles. The average molecular weight is 957 g/mol. The summed E-state index contributed by atoms with van der Waals surface area (Å²) in [5.74, 6) is 0.809. The van der Waals surface area contributed by atoms with Crippen molar-refractivity contribution in [2.75, 3.05) is 87.7 Å². The van der Waals surface area contributed by atoms with Crippen molar-refractivity contribution in [1.29, 1.82) is 0 Å². The highest BCUT2D eigenvalue weighted by molar-refractivity contribution is 6.40. The number of hydrogen-bond acceptors (Lipinski definition) is 12. The van der Waals surface area contributed by atoms with Gasteiger partial charge in [0.1, 0.15) is 36.3 Å². The lowest BCUT2D eigenvalue weighted by molar-refractivity contribution is -0.146. The van der Waals surface area contributed by atoms with Crippen molar-refractivity contribution < 1.29 is 28.7 Å². The molecule has 2 aromatic carbocycles. The summed E-state index contributed by atoms with van der Waals surface area (Å²) < 4.78 is 12.4. The van der Waals surface area contributed by atoms with Crippen LogP contribution in [-0.2, 0) is 32.0 Å². The highest BCUT2D eigenvalue weighted by atomic mass is 16.5. The van der Waals surface area contributed by atoms with Crippen molar-refractivity contribution >= 4 is 46.6 Å². The number of piperidine rings is 2. The van der Waals surface area contributed by atoms with E-state index in [0.717, 1.165) is 112 Å². The summed E-state index contributed by atoms with van der Waals surface area (Å²) in [7, 11) is 0. The van der Waals surface area contributed by atoms with Gasteiger partial charge in [0.2, 0.25) is 0 Å². The number of pyridine rings is 2. The second-order valence-electron chi connectivity index (χ2n) is 20.0. The molecule has 374 valence electrons. The van der Waals surface area contributed by atoms with E-state index in [-0.39, 0.29) is 23.9 Å². The van der Waals surface area contributed by atoms with E-state index in [1.165, 1.54) is 25.2 Å². The van der Waals surface area contributed by atoms with Crippen molar-refractivity contribution in [3.8, 4) is 11.5 Å². The summed E-state index contributed by atoms with van der Waals surface area (Å²) in [6.45, 7) is 14.1. The molecule has 0 aliphatic carbocycles. The Labute approximate surface area is 412 Å². The van der Waals surface area contributed by atoms with E-state index >= 15 is 0 Å². The number of aromatic nitrogens is 2. The second-order valence-corrected chi connectivity index (χ2v) is 20.0. The summed E-state index contributed by atoms with van der Waals surface area (Å²) in [5, 5.41) is 5.58. The molecule has 4 aromatic rings. The van der Waals surface area contributed by atoms with Crippen LogP contribution in [0.4, 0.5) is 23.0 Å². The van der Waals surface area contributed by atoms with Crippen LogP contribution in [0.25, 0.3) is 0 Å². The Hall–Kier alpha value is -6.26. The van der Waals surface area contributed by atoms with E-state index in [1.54, 1.807) is 15.9 Å². The van der Waals surface area contributed by atoms with Gasteiger partial charge in [0.25, 0.3) is 0 Å². The molecular formula is C54H72N10O6. The molecule has 6 N–H and O–H groups in total. The highest BCUT2D eigenvalue weighted by Gasteiger charge is 2.36. The molecule has 1 unspecified atom stereocenters. The highest BCUT2D eigenvalue weighted by Crippen LogP contribution is 2.37. The summed E-state index contributed by atoms with van der Waals surface area (Å²) in [4.78, 5) is 71.2. The Balaban J connectivity index is 0.796. The number of nitrogens with one attached hydrogen (secondary N) is 2. The SMILES string of the molecule is CCc1cc(NC(=O)C(=O)N2C[C@@H](C)CC[C@@H]2c2cccc(OCCN3CCC(CCc4cc(NC(=O)C(=O)N5C[C@@H](C)CC[C@@H]5c5cccc(OCCN6CCCC6)c5)cnc4N)C3)c2)cnc1N.